The van der Waals surface area contributed by atoms with Crippen molar-refractivity contribution >= 4 is 27.4 Å². The van der Waals surface area contributed by atoms with Crippen molar-refractivity contribution in [3.63, 3.8) is 0 Å². The van der Waals surface area contributed by atoms with Gasteiger partial charge in [0.2, 0.25) is 0 Å². The molecule has 2 aromatic heterocycles. The third-order valence-electron chi connectivity index (χ3n) is 5.12. The number of esters is 1. The third-order valence-corrected chi connectivity index (χ3v) is 6.89. The Morgan fingerprint density at radius 3 is 2.72 bits per heavy atom. The van der Waals surface area contributed by atoms with Crippen LogP contribution in [0.25, 0.3) is 5.65 Å². The van der Waals surface area contributed by atoms with Crippen LogP contribution in [0.3, 0.4) is 0 Å². The maximum atomic E-state index is 12.2. The summed E-state index contributed by atoms with van der Waals surface area (Å²) in [6.07, 6.45) is -0.0734. The molecule has 0 saturated carbocycles. The van der Waals surface area contributed by atoms with Crippen molar-refractivity contribution in [1.82, 2.24) is 19.9 Å². The average Bonchev–Trinajstić information content (AvgIpc) is 3.15. The van der Waals surface area contributed by atoms with Crippen molar-refractivity contribution in [2.75, 3.05) is 11.5 Å². The van der Waals surface area contributed by atoms with Crippen molar-refractivity contribution < 1.29 is 22.7 Å². The summed E-state index contributed by atoms with van der Waals surface area (Å²) in [5.74, 6) is -0.982. The van der Waals surface area contributed by atoms with Crippen molar-refractivity contribution in [3.8, 4) is 0 Å². The number of carbonyl (C=O) groups excluding carboxylic acids is 2. The molecule has 1 aliphatic heterocycles. The van der Waals surface area contributed by atoms with Crippen LogP contribution in [-0.4, -0.2) is 58.5 Å². The Bertz CT molecular complexity index is 1060. The van der Waals surface area contributed by atoms with E-state index in [0.29, 0.717) is 12.8 Å². The fourth-order valence-electron chi connectivity index (χ4n) is 3.57. The van der Waals surface area contributed by atoms with E-state index < -0.39 is 33.9 Å². The molecular weight excluding hydrogens is 396 g/mol. The summed E-state index contributed by atoms with van der Waals surface area (Å²) in [5, 5.41) is 7.05. The van der Waals surface area contributed by atoms with Gasteiger partial charge in [-0.1, -0.05) is 0 Å². The second kappa shape index (κ2) is 8.10. The Labute approximate surface area is 169 Å². The molecule has 158 valence electrons. The zero-order chi connectivity index (χ0) is 21.3. The highest BCUT2D eigenvalue weighted by atomic mass is 32.2. The van der Waals surface area contributed by atoms with Gasteiger partial charge in [-0.3, -0.25) is 9.59 Å². The molecule has 2 atom stereocenters. The predicted molar refractivity (Wildman–Crippen MR) is 106 cm³/mol. The summed E-state index contributed by atoms with van der Waals surface area (Å²) in [7, 11) is -3.09. The summed E-state index contributed by atoms with van der Waals surface area (Å²) in [4.78, 5) is 28.9. The number of nitrogens with zero attached hydrogens (tertiary/aromatic N) is 3. The van der Waals surface area contributed by atoms with Crippen LogP contribution >= 0.6 is 0 Å². The maximum Gasteiger partial charge on any atom is 0.306 e. The molecule has 3 rings (SSSR count). The lowest BCUT2D eigenvalue weighted by Gasteiger charge is -2.17. The lowest BCUT2D eigenvalue weighted by atomic mass is 10.1. The van der Waals surface area contributed by atoms with Crippen molar-refractivity contribution in [2.45, 2.75) is 59.1 Å². The van der Waals surface area contributed by atoms with Gasteiger partial charge < -0.3 is 10.1 Å². The van der Waals surface area contributed by atoms with Crippen LogP contribution in [0.1, 0.15) is 42.4 Å². The Morgan fingerprint density at radius 2 is 2.07 bits per heavy atom. The molecule has 10 heteroatoms. The normalized spacial score (nSPS) is 19.2. The average molecular weight is 423 g/mol. The van der Waals surface area contributed by atoms with E-state index >= 15 is 0 Å². The maximum absolute atomic E-state index is 12.2. The molecule has 0 bridgehead atoms. The van der Waals surface area contributed by atoms with Gasteiger partial charge in [0.15, 0.2) is 21.6 Å². The number of fused-ring (bicyclic) bond motifs is 1. The molecule has 1 fully saturated rings. The van der Waals surface area contributed by atoms with E-state index in [0.717, 1.165) is 28.3 Å². The number of sulfone groups is 1. The Kier molecular flexibility index (Phi) is 5.92. The molecule has 1 saturated heterocycles. The first-order chi connectivity index (χ1) is 13.6. The molecule has 9 nitrogen and oxygen atoms in total. The van der Waals surface area contributed by atoms with Crippen LogP contribution in [0.5, 0.6) is 0 Å². The predicted octanol–water partition coefficient (Wildman–Crippen LogP) is 0.822. The number of hydrogen-bond acceptors (Lipinski definition) is 7. The standard InChI is InChI=1S/C19H26N4O5S/c1-11-9-17-20-12(2)16(13(3)23(17)22-11)5-6-18(24)28-14(4)19(25)21-15-7-8-29(26,27)10-15/h9,14-15H,5-8,10H2,1-4H3,(H,21,25)/t14-,15-/m1/s1. The summed E-state index contributed by atoms with van der Waals surface area (Å²) in [5.41, 5.74) is 4.30. The molecule has 1 aliphatic rings. The van der Waals surface area contributed by atoms with Crippen molar-refractivity contribution in [3.05, 3.63) is 28.7 Å². The molecule has 2 aromatic rings. The molecule has 1 amide bonds. The number of amides is 1. The Hall–Kier alpha value is -2.49. The van der Waals surface area contributed by atoms with Crippen LogP contribution in [0.2, 0.25) is 0 Å². The fourth-order valence-corrected chi connectivity index (χ4v) is 5.24. The minimum absolute atomic E-state index is 0.0684. The van der Waals surface area contributed by atoms with Gasteiger partial charge in [0.25, 0.3) is 5.91 Å². The lowest BCUT2D eigenvalue weighted by Crippen LogP contribution is -2.42. The molecule has 29 heavy (non-hydrogen) atoms. The first kappa shape index (κ1) is 21.2. The number of rotatable bonds is 6. The lowest BCUT2D eigenvalue weighted by molar-refractivity contribution is -0.155. The van der Waals surface area contributed by atoms with Crippen LogP contribution in [0.4, 0.5) is 0 Å². The number of nitrogens with one attached hydrogen (secondary N) is 1. The van der Waals surface area contributed by atoms with Gasteiger partial charge in [-0.05, 0) is 46.1 Å². The highest BCUT2D eigenvalue weighted by Gasteiger charge is 2.30. The Morgan fingerprint density at radius 1 is 1.34 bits per heavy atom. The zero-order valence-corrected chi connectivity index (χ0v) is 17.9. The molecule has 0 unspecified atom stereocenters. The SMILES string of the molecule is Cc1cc2nc(C)c(CCC(=O)O[C@H](C)C(=O)N[C@@H]3CCS(=O)(=O)C3)c(C)n2n1. The summed E-state index contributed by atoms with van der Waals surface area (Å²) >= 11 is 0. The first-order valence-electron chi connectivity index (χ1n) is 9.58. The molecule has 0 aromatic carbocycles. The van der Waals surface area contributed by atoms with E-state index in [2.05, 4.69) is 15.4 Å². The summed E-state index contributed by atoms with van der Waals surface area (Å²) in [6, 6.07) is 1.47. The van der Waals surface area contributed by atoms with Crippen LogP contribution in [0, 0.1) is 20.8 Å². The van der Waals surface area contributed by atoms with Crippen molar-refractivity contribution in [1.29, 1.82) is 0 Å². The van der Waals surface area contributed by atoms with Crippen molar-refractivity contribution in [2.24, 2.45) is 0 Å². The summed E-state index contributed by atoms with van der Waals surface area (Å²) < 4.78 is 29.9. The molecule has 1 N–H and O–H groups in total. The van der Waals surface area contributed by atoms with Gasteiger partial charge >= 0.3 is 5.97 Å². The van der Waals surface area contributed by atoms with E-state index in [1.807, 2.05) is 26.8 Å². The molecular formula is C19H26N4O5S. The minimum Gasteiger partial charge on any atom is -0.453 e. The summed E-state index contributed by atoms with van der Waals surface area (Å²) in [6.45, 7) is 7.20. The minimum atomic E-state index is -3.09. The van der Waals surface area contributed by atoms with Gasteiger partial charge in [-0.2, -0.15) is 5.10 Å². The Balaban J connectivity index is 1.56. The van der Waals surface area contributed by atoms with E-state index in [1.165, 1.54) is 6.92 Å². The van der Waals surface area contributed by atoms with E-state index in [-0.39, 0.29) is 17.9 Å². The number of aryl methyl sites for hydroxylation is 3. The monoisotopic (exact) mass is 422 g/mol. The second-order valence-electron chi connectivity index (χ2n) is 7.56. The number of aromatic nitrogens is 3. The molecule has 0 radical (unpaired) electrons. The van der Waals surface area contributed by atoms with E-state index in [4.69, 9.17) is 4.74 Å². The van der Waals surface area contributed by atoms with Gasteiger partial charge in [0, 0.05) is 29.9 Å². The van der Waals surface area contributed by atoms with Gasteiger partial charge in [0.05, 0.1) is 17.2 Å². The van der Waals surface area contributed by atoms with Crippen LogP contribution in [0.15, 0.2) is 6.07 Å². The highest BCUT2D eigenvalue weighted by Crippen LogP contribution is 2.17. The van der Waals surface area contributed by atoms with Gasteiger partial charge in [-0.15, -0.1) is 0 Å². The largest absolute Gasteiger partial charge is 0.453 e. The van der Waals surface area contributed by atoms with Crippen LogP contribution < -0.4 is 5.32 Å². The highest BCUT2D eigenvalue weighted by molar-refractivity contribution is 7.91. The third kappa shape index (κ3) is 4.92. The van der Waals surface area contributed by atoms with E-state index in [9.17, 15) is 18.0 Å². The quantitative estimate of drug-likeness (QED) is 0.685. The second-order valence-corrected chi connectivity index (χ2v) is 9.79. The topological polar surface area (TPSA) is 120 Å². The van der Waals surface area contributed by atoms with E-state index in [1.54, 1.807) is 4.52 Å². The fraction of sp³-hybridized carbons (Fsp3) is 0.579. The number of carbonyl (C=O) groups is 2. The van der Waals surface area contributed by atoms with Gasteiger partial charge in [0.1, 0.15) is 0 Å². The van der Waals surface area contributed by atoms with Crippen LogP contribution in [-0.2, 0) is 30.6 Å². The van der Waals surface area contributed by atoms with Gasteiger partial charge in [-0.25, -0.2) is 17.9 Å². The number of ether oxygens (including phenoxy) is 1. The first-order valence-corrected chi connectivity index (χ1v) is 11.4. The number of hydrogen-bond donors (Lipinski definition) is 1. The molecule has 0 spiro atoms. The zero-order valence-electron chi connectivity index (χ0n) is 17.1. The smallest absolute Gasteiger partial charge is 0.306 e. The molecule has 3 heterocycles. The molecule has 0 aliphatic carbocycles.